The molecule has 0 aliphatic heterocycles. The van der Waals surface area contributed by atoms with E-state index >= 15 is 0 Å². The number of unbranched alkanes of at least 4 members (excludes halogenated alkanes) is 1. The third-order valence-electron chi connectivity index (χ3n) is 1.97. The topological polar surface area (TPSA) is 67.4 Å². The molecule has 0 saturated carbocycles. The number of nitrogens with one attached hydrogen (secondary N) is 2. The molecule has 5 nitrogen and oxygen atoms in total. The summed E-state index contributed by atoms with van der Waals surface area (Å²) < 4.78 is 5.32. The molecule has 0 atom stereocenters. The second-order valence-electron chi connectivity index (χ2n) is 3.56. The molecule has 17 heavy (non-hydrogen) atoms. The number of ether oxygens (including phenoxy) is 1. The molecule has 0 rings (SSSR count). The first-order valence-electron chi connectivity index (χ1n) is 5.92. The minimum atomic E-state index is -0.478. The highest BCUT2D eigenvalue weighted by molar-refractivity contribution is 6.19. The van der Waals surface area contributed by atoms with E-state index in [1.807, 2.05) is 0 Å². The normalized spacial score (nSPS) is 10.0. The summed E-state index contributed by atoms with van der Waals surface area (Å²) in [5.74, 6) is -0.151. The monoisotopic (exact) mass is 264 g/mol. The Morgan fingerprint density at radius 1 is 1.24 bits per heavy atom. The average Bonchev–Trinajstić information content (AvgIpc) is 2.28. The quantitative estimate of drug-likeness (QED) is 0.492. The molecule has 0 fully saturated rings. The van der Waals surface area contributed by atoms with Crippen LogP contribution in [0.2, 0.25) is 0 Å². The Hall–Kier alpha value is -0.810. The van der Waals surface area contributed by atoms with Crippen molar-refractivity contribution in [3.8, 4) is 0 Å². The minimum absolute atomic E-state index is 0.148. The van der Waals surface area contributed by atoms with Crippen molar-refractivity contribution in [2.75, 3.05) is 25.6 Å². The molecular weight excluding hydrogens is 244 g/mol. The second kappa shape index (κ2) is 11.7. The summed E-state index contributed by atoms with van der Waals surface area (Å²) in [5.41, 5.74) is 0. The van der Waals surface area contributed by atoms with Crippen LogP contribution in [0.4, 0.5) is 4.79 Å². The highest BCUT2D eigenvalue weighted by Gasteiger charge is 2.05. The van der Waals surface area contributed by atoms with Crippen molar-refractivity contribution in [3.63, 3.8) is 0 Å². The van der Waals surface area contributed by atoms with E-state index in [1.165, 1.54) is 0 Å². The molecule has 3 amide bonds. The lowest BCUT2D eigenvalue weighted by Gasteiger charge is -2.06. The van der Waals surface area contributed by atoms with Crippen LogP contribution in [-0.2, 0) is 9.53 Å². The SMILES string of the molecule is CCCCOCCCNC(=O)NC(=O)CCCl. The summed E-state index contributed by atoms with van der Waals surface area (Å²) in [4.78, 5) is 22.1. The lowest BCUT2D eigenvalue weighted by Crippen LogP contribution is -2.40. The molecule has 0 aromatic carbocycles. The molecule has 100 valence electrons. The molecular formula is C11H21ClN2O3. The number of carbonyl (C=O) groups is 2. The Morgan fingerprint density at radius 3 is 2.59 bits per heavy atom. The van der Waals surface area contributed by atoms with Gasteiger partial charge in [-0.1, -0.05) is 13.3 Å². The van der Waals surface area contributed by atoms with Gasteiger partial charge in [0.15, 0.2) is 0 Å². The fraction of sp³-hybridized carbons (Fsp3) is 0.818. The molecule has 2 N–H and O–H groups in total. The van der Waals surface area contributed by atoms with Gasteiger partial charge in [-0.25, -0.2) is 4.79 Å². The van der Waals surface area contributed by atoms with E-state index in [9.17, 15) is 9.59 Å². The van der Waals surface area contributed by atoms with Crippen LogP contribution >= 0.6 is 11.6 Å². The van der Waals surface area contributed by atoms with Gasteiger partial charge < -0.3 is 10.1 Å². The van der Waals surface area contributed by atoms with Gasteiger partial charge in [0, 0.05) is 32.1 Å². The van der Waals surface area contributed by atoms with E-state index in [1.54, 1.807) is 0 Å². The first kappa shape index (κ1) is 16.2. The van der Waals surface area contributed by atoms with Crippen molar-refractivity contribution >= 4 is 23.5 Å². The van der Waals surface area contributed by atoms with Crippen LogP contribution in [0.15, 0.2) is 0 Å². The molecule has 0 aliphatic carbocycles. The Bertz CT molecular complexity index is 225. The number of alkyl halides is 1. The van der Waals surface area contributed by atoms with Gasteiger partial charge in [-0.2, -0.15) is 0 Å². The highest BCUT2D eigenvalue weighted by Crippen LogP contribution is 1.89. The van der Waals surface area contributed by atoms with Crippen LogP contribution in [0.3, 0.4) is 0 Å². The predicted molar refractivity (Wildman–Crippen MR) is 67.2 cm³/mol. The standard InChI is InChI=1S/C11H21ClN2O3/c1-2-3-8-17-9-4-7-13-11(16)14-10(15)5-6-12/h2-9H2,1H3,(H2,13,14,15,16). The largest absolute Gasteiger partial charge is 0.381 e. The third kappa shape index (κ3) is 11.5. The summed E-state index contributed by atoms with van der Waals surface area (Å²) >= 11 is 5.36. The molecule has 0 bridgehead atoms. The number of halogens is 1. The van der Waals surface area contributed by atoms with Gasteiger partial charge in [0.2, 0.25) is 5.91 Å². The summed E-state index contributed by atoms with van der Waals surface area (Å²) in [5, 5.41) is 4.75. The molecule has 0 unspecified atom stereocenters. The Labute approximate surface area is 107 Å². The summed E-state index contributed by atoms with van der Waals surface area (Å²) in [6.07, 6.45) is 3.06. The number of hydrogen-bond acceptors (Lipinski definition) is 3. The number of imide groups is 1. The van der Waals surface area contributed by atoms with Gasteiger partial charge in [-0.05, 0) is 12.8 Å². The fourth-order valence-electron chi connectivity index (χ4n) is 1.04. The lowest BCUT2D eigenvalue weighted by molar-refractivity contribution is -0.119. The van der Waals surface area contributed by atoms with Crippen LogP contribution in [0, 0.1) is 0 Å². The van der Waals surface area contributed by atoms with E-state index in [0.717, 1.165) is 25.9 Å². The second-order valence-corrected chi connectivity index (χ2v) is 3.94. The molecule has 0 aromatic heterocycles. The van der Waals surface area contributed by atoms with E-state index in [-0.39, 0.29) is 18.2 Å². The Morgan fingerprint density at radius 2 is 1.94 bits per heavy atom. The zero-order valence-corrected chi connectivity index (χ0v) is 11.0. The Kier molecular flexibility index (Phi) is 11.1. The molecule has 6 heteroatoms. The van der Waals surface area contributed by atoms with E-state index in [4.69, 9.17) is 16.3 Å². The predicted octanol–water partition coefficient (Wildman–Crippen LogP) is 1.65. The minimum Gasteiger partial charge on any atom is -0.381 e. The van der Waals surface area contributed by atoms with E-state index < -0.39 is 6.03 Å². The van der Waals surface area contributed by atoms with Crippen molar-refractivity contribution in [3.05, 3.63) is 0 Å². The van der Waals surface area contributed by atoms with Crippen molar-refractivity contribution in [1.29, 1.82) is 0 Å². The van der Waals surface area contributed by atoms with Gasteiger partial charge >= 0.3 is 6.03 Å². The number of hydrogen-bond donors (Lipinski definition) is 2. The molecule has 0 heterocycles. The van der Waals surface area contributed by atoms with Gasteiger partial charge in [0.1, 0.15) is 0 Å². The molecule has 0 aromatic rings. The number of amides is 3. The van der Waals surface area contributed by atoms with Gasteiger partial charge in [-0.15, -0.1) is 11.6 Å². The zero-order valence-electron chi connectivity index (χ0n) is 10.3. The van der Waals surface area contributed by atoms with Crippen LogP contribution in [-0.4, -0.2) is 37.6 Å². The van der Waals surface area contributed by atoms with Crippen LogP contribution in [0.5, 0.6) is 0 Å². The van der Waals surface area contributed by atoms with Crippen LogP contribution < -0.4 is 10.6 Å². The maximum Gasteiger partial charge on any atom is 0.321 e. The zero-order chi connectivity index (χ0) is 12.9. The van der Waals surface area contributed by atoms with E-state index in [2.05, 4.69) is 17.6 Å². The number of carbonyl (C=O) groups excluding carboxylic acids is 2. The molecule has 0 spiro atoms. The third-order valence-corrected chi connectivity index (χ3v) is 2.16. The van der Waals surface area contributed by atoms with Crippen molar-refractivity contribution in [2.24, 2.45) is 0 Å². The van der Waals surface area contributed by atoms with E-state index in [0.29, 0.717) is 13.2 Å². The van der Waals surface area contributed by atoms with Gasteiger partial charge in [-0.3, -0.25) is 10.1 Å². The maximum atomic E-state index is 11.1. The van der Waals surface area contributed by atoms with Crippen molar-refractivity contribution in [2.45, 2.75) is 32.6 Å². The van der Waals surface area contributed by atoms with Gasteiger partial charge in [0.25, 0.3) is 0 Å². The van der Waals surface area contributed by atoms with Gasteiger partial charge in [0.05, 0.1) is 0 Å². The molecule has 0 saturated heterocycles. The molecule has 0 radical (unpaired) electrons. The number of rotatable bonds is 9. The molecule has 0 aliphatic rings. The Balaban J connectivity index is 3.30. The smallest absolute Gasteiger partial charge is 0.321 e. The average molecular weight is 265 g/mol. The highest BCUT2D eigenvalue weighted by atomic mass is 35.5. The fourth-order valence-corrected chi connectivity index (χ4v) is 1.22. The summed E-state index contributed by atoms with van der Waals surface area (Å²) in [6, 6.07) is -0.478. The number of urea groups is 1. The van der Waals surface area contributed by atoms with Crippen molar-refractivity contribution in [1.82, 2.24) is 10.6 Å². The maximum absolute atomic E-state index is 11.1. The first-order chi connectivity index (χ1) is 8.20. The summed E-state index contributed by atoms with van der Waals surface area (Å²) in [6.45, 7) is 3.98. The first-order valence-corrected chi connectivity index (χ1v) is 6.45. The van der Waals surface area contributed by atoms with Crippen LogP contribution in [0.25, 0.3) is 0 Å². The van der Waals surface area contributed by atoms with Crippen molar-refractivity contribution < 1.29 is 14.3 Å². The van der Waals surface area contributed by atoms with Crippen LogP contribution in [0.1, 0.15) is 32.6 Å². The summed E-state index contributed by atoms with van der Waals surface area (Å²) in [7, 11) is 0. The lowest BCUT2D eigenvalue weighted by atomic mass is 10.4.